The predicted molar refractivity (Wildman–Crippen MR) is 74.3 cm³/mol. The summed E-state index contributed by atoms with van der Waals surface area (Å²) in [5.74, 6) is 1.89. The fraction of sp³-hybridized carbons (Fsp3) is 0.933. The molecule has 1 N–H and O–H groups in total. The molecule has 3 atom stereocenters. The van der Waals surface area contributed by atoms with E-state index in [4.69, 9.17) is 0 Å². The van der Waals surface area contributed by atoms with E-state index in [2.05, 4.69) is 24.1 Å². The Morgan fingerprint density at radius 3 is 2.83 bits per heavy atom. The van der Waals surface area contributed by atoms with E-state index in [-0.39, 0.29) is 0 Å². The third-order valence-electron chi connectivity index (χ3n) is 4.48. The van der Waals surface area contributed by atoms with Gasteiger partial charge in [-0.05, 0) is 57.0 Å². The average Bonchev–Trinajstić information content (AvgIpc) is 2.64. The smallest absolute Gasteiger partial charge is 0.123 e. The van der Waals surface area contributed by atoms with Gasteiger partial charge in [0, 0.05) is 12.5 Å². The molecule has 0 aromatic heterocycles. The second kappa shape index (κ2) is 6.67. The van der Waals surface area contributed by atoms with Gasteiger partial charge in [-0.2, -0.15) is 0 Å². The van der Waals surface area contributed by atoms with Gasteiger partial charge in [0.2, 0.25) is 0 Å². The minimum atomic E-state index is 0.306. The van der Waals surface area contributed by atoms with E-state index >= 15 is 0 Å². The van der Waals surface area contributed by atoms with Crippen molar-refractivity contribution in [2.24, 2.45) is 17.8 Å². The molecule has 0 saturated carbocycles. The van der Waals surface area contributed by atoms with Crippen LogP contribution in [0.5, 0.6) is 0 Å². The normalized spacial score (nSPS) is 34.7. The fourth-order valence-electron chi connectivity index (χ4n) is 3.58. The molecule has 3 unspecified atom stereocenters. The average molecular weight is 252 g/mol. The molecular formula is C15H28N2O. The van der Waals surface area contributed by atoms with Crippen LogP contribution in [0.1, 0.15) is 46.0 Å². The molecule has 0 amide bonds. The molecular weight excluding hydrogens is 224 g/mol. The van der Waals surface area contributed by atoms with Crippen LogP contribution in [0.25, 0.3) is 0 Å². The first-order chi connectivity index (χ1) is 8.70. The zero-order valence-corrected chi connectivity index (χ0v) is 11.9. The lowest BCUT2D eigenvalue weighted by molar-refractivity contribution is -0.111. The van der Waals surface area contributed by atoms with Crippen molar-refractivity contribution in [1.29, 1.82) is 0 Å². The quantitative estimate of drug-likeness (QED) is 0.779. The molecule has 3 heteroatoms. The number of rotatable bonds is 4. The zero-order valence-electron chi connectivity index (χ0n) is 11.9. The topological polar surface area (TPSA) is 32.3 Å². The van der Waals surface area contributed by atoms with Crippen LogP contribution >= 0.6 is 0 Å². The second-order valence-electron chi connectivity index (χ2n) is 6.44. The van der Waals surface area contributed by atoms with E-state index in [1.807, 2.05) is 0 Å². The molecule has 0 aliphatic carbocycles. The maximum absolute atomic E-state index is 10.9. The number of nitrogens with one attached hydrogen (secondary N) is 1. The molecule has 2 saturated heterocycles. The largest absolute Gasteiger partial charge is 0.303 e. The standard InChI is InChI=1S/C15H28N2O/c1-12(2)10-14-5-7-16-15(14)17-8-3-4-13(11-18)6-9-17/h11-16H,3-10H2,1-2H3. The summed E-state index contributed by atoms with van der Waals surface area (Å²) in [4.78, 5) is 13.5. The monoisotopic (exact) mass is 252 g/mol. The Morgan fingerprint density at radius 1 is 1.28 bits per heavy atom. The summed E-state index contributed by atoms with van der Waals surface area (Å²) in [6.07, 6.45) is 7.69. The minimum absolute atomic E-state index is 0.306. The first-order valence-corrected chi connectivity index (χ1v) is 7.63. The summed E-state index contributed by atoms with van der Waals surface area (Å²) >= 11 is 0. The summed E-state index contributed by atoms with van der Waals surface area (Å²) in [6, 6.07) is 0. The van der Waals surface area contributed by atoms with E-state index in [1.165, 1.54) is 19.3 Å². The molecule has 104 valence electrons. The van der Waals surface area contributed by atoms with Crippen LogP contribution < -0.4 is 5.32 Å². The molecule has 0 aromatic carbocycles. The van der Waals surface area contributed by atoms with Crippen molar-refractivity contribution in [3.63, 3.8) is 0 Å². The lowest BCUT2D eigenvalue weighted by atomic mass is 9.93. The van der Waals surface area contributed by atoms with Gasteiger partial charge in [0.05, 0.1) is 6.17 Å². The molecule has 3 nitrogen and oxygen atoms in total. The van der Waals surface area contributed by atoms with Gasteiger partial charge in [0.15, 0.2) is 0 Å². The van der Waals surface area contributed by atoms with Crippen molar-refractivity contribution >= 4 is 6.29 Å². The van der Waals surface area contributed by atoms with Gasteiger partial charge in [0.25, 0.3) is 0 Å². The fourth-order valence-corrected chi connectivity index (χ4v) is 3.58. The number of nitrogens with zero attached hydrogens (tertiary/aromatic N) is 1. The first-order valence-electron chi connectivity index (χ1n) is 7.63. The van der Waals surface area contributed by atoms with Crippen LogP contribution in [0, 0.1) is 17.8 Å². The van der Waals surface area contributed by atoms with Crippen LogP contribution in [0.15, 0.2) is 0 Å². The number of likely N-dealkylation sites (tertiary alicyclic amines) is 1. The molecule has 0 radical (unpaired) electrons. The lowest BCUT2D eigenvalue weighted by Crippen LogP contribution is -2.46. The van der Waals surface area contributed by atoms with Crippen molar-refractivity contribution in [2.45, 2.75) is 52.1 Å². The van der Waals surface area contributed by atoms with Crippen LogP contribution in [0.4, 0.5) is 0 Å². The summed E-state index contributed by atoms with van der Waals surface area (Å²) in [5, 5.41) is 3.68. The number of hydrogen-bond donors (Lipinski definition) is 1. The number of aldehydes is 1. The van der Waals surface area contributed by atoms with Crippen molar-refractivity contribution in [1.82, 2.24) is 10.2 Å². The molecule has 0 spiro atoms. The SMILES string of the molecule is CC(C)CC1CCNC1N1CCCC(C=O)CC1. The van der Waals surface area contributed by atoms with Gasteiger partial charge >= 0.3 is 0 Å². The van der Waals surface area contributed by atoms with Gasteiger partial charge in [-0.1, -0.05) is 13.8 Å². The number of hydrogen-bond acceptors (Lipinski definition) is 3. The highest BCUT2D eigenvalue weighted by Crippen LogP contribution is 2.28. The highest BCUT2D eigenvalue weighted by Gasteiger charge is 2.32. The van der Waals surface area contributed by atoms with E-state index in [0.29, 0.717) is 12.1 Å². The molecule has 2 heterocycles. The summed E-state index contributed by atoms with van der Waals surface area (Å²) in [7, 11) is 0. The van der Waals surface area contributed by atoms with Crippen molar-refractivity contribution in [3.8, 4) is 0 Å². The van der Waals surface area contributed by atoms with Crippen LogP contribution in [0.3, 0.4) is 0 Å². The Hall–Kier alpha value is -0.410. The molecule has 0 aromatic rings. The van der Waals surface area contributed by atoms with Crippen LogP contribution in [0.2, 0.25) is 0 Å². The third kappa shape index (κ3) is 3.55. The predicted octanol–water partition coefficient (Wildman–Crippen LogP) is 2.27. The lowest BCUT2D eigenvalue weighted by Gasteiger charge is -2.32. The Morgan fingerprint density at radius 2 is 2.11 bits per heavy atom. The molecule has 2 aliphatic heterocycles. The molecule has 2 rings (SSSR count). The Labute approximate surface area is 111 Å². The Kier molecular flexibility index (Phi) is 5.19. The maximum atomic E-state index is 10.9. The number of carbonyl (C=O) groups is 1. The first kappa shape index (κ1) is 14.0. The van der Waals surface area contributed by atoms with E-state index < -0.39 is 0 Å². The van der Waals surface area contributed by atoms with E-state index in [9.17, 15) is 4.79 Å². The second-order valence-corrected chi connectivity index (χ2v) is 6.44. The summed E-state index contributed by atoms with van der Waals surface area (Å²) in [5.41, 5.74) is 0. The zero-order chi connectivity index (χ0) is 13.0. The van der Waals surface area contributed by atoms with Gasteiger partial charge in [-0.25, -0.2) is 0 Å². The van der Waals surface area contributed by atoms with E-state index in [0.717, 1.165) is 50.6 Å². The maximum Gasteiger partial charge on any atom is 0.123 e. The van der Waals surface area contributed by atoms with Gasteiger partial charge in [-0.15, -0.1) is 0 Å². The minimum Gasteiger partial charge on any atom is -0.303 e. The van der Waals surface area contributed by atoms with Crippen molar-refractivity contribution in [3.05, 3.63) is 0 Å². The highest BCUT2D eigenvalue weighted by atomic mass is 16.1. The van der Waals surface area contributed by atoms with Crippen LogP contribution in [-0.4, -0.2) is 37.0 Å². The number of carbonyl (C=O) groups excluding carboxylic acids is 1. The molecule has 18 heavy (non-hydrogen) atoms. The Bertz CT molecular complexity index is 267. The van der Waals surface area contributed by atoms with Crippen molar-refractivity contribution in [2.75, 3.05) is 19.6 Å². The van der Waals surface area contributed by atoms with Gasteiger partial charge in [0.1, 0.15) is 6.29 Å². The third-order valence-corrected chi connectivity index (χ3v) is 4.48. The van der Waals surface area contributed by atoms with Gasteiger partial charge < -0.3 is 10.1 Å². The van der Waals surface area contributed by atoms with Crippen molar-refractivity contribution < 1.29 is 4.79 Å². The molecule has 2 fully saturated rings. The highest BCUT2D eigenvalue weighted by molar-refractivity contribution is 5.53. The summed E-state index contributed by atoms with van der Waals surface area (Å²) < 4.78 is 0. The van der Waals surface area contributed by atoms with Crippen LogP contribution in [-0.2, 0) is 4.79 Å². The van der Waals surface area contributed by atoms with Gasteiger partial charge in [-0.3, -0.25) is 4.90 Å². The van der Waals surface area contributed by atoms with E-state index in [1.54, 1.807) is 0 Å². The molecule has 2 aliphatic rings. The molecule has 0 bridgehead atoms. The Balaban J connectivity index is 1.91. The summed E-state index contributed by atoms with van der Waals surface area (Å²) in [6.45, 7) is 8.06.